The van der Waals surface area contributed by atoms with Crippen molar-refractivity contribution in [1.29, 1.82) is 0 Å². The van der Waals surface area contributed by atoms with Crippen LogP contribution in [0, 0.1) is 5.92 Å². The molecule has 2 atom stereocenters. The Morgan fingerprint density at radius 1 is 1.11 bits per heavy atom. The van der Waals surface area contributed by atoms with E-state index in [4.69, 9.17) is 5.73 Å². The fraction of sp³-hybridized carbons (Fsp3) is 0.529. The highest BCUT2D eigenvalue weighted by Gasteiger charge is 2.40. The van der Waals surface area contributed by atoms with Gasteiger partial charge < -0.3 is 11.1 Å². The highest BCUT2D eigenvalue weighted by Crippen LogP contribution is 2.39. The van der Waals surface area contributed by atoms with E-state index >= 15 is 0 Å². The Balaban J connectivity index is 1.82. The molecule has 2 rings (SSSR count). The lowest BCUT2D eigenvalue weighted by Crippen LogP contribution is -2.38. The van der Waals surface area contributed by atoms with Gasteiger partial charge in [0.1, 0.15) is 0 Å². The summed E-state index contributed by atoms with van der Waals surface area (Å²) in [5.74, 6) is 0.643. The van der Waals surface area contributed by atoms with Crippen LogP contribution >= 0.6 is 0 Å². The monoisotopic (exact) mass is 258 g/mol. The average molecular weight is 258 g/mol. The normalized spacial score (nSPS) is 35.3. The first-order chi connectivity index (χ1) is 9.24. The molecule has 2 fully saturated rings. The minimum atomic E-state index is 0.430. The molecule has 2 heteroatoms. The van der Waals surface area contributed by atoms with Crippen molar-refractivity contribution >= 4 is 0 Å². The molecule has 2 aliphatic carbocycles. The van der Waals surface area contributed by atoms with Gasteiger partial charge in [0.2, 0.25) is 0 Å². The summed E-state index contributed by atoms with van der Waals surface area (Å²) in [4.78, 5) is 0. The molecule has 104 valence electrons. The van der Waals surface area contributed by atoms with Crippen molar-refractivity contribution in [1.82, 2.24) is 5.32 Å². The van der Waals surface area contributed by atoms with Crippen molar-refractivity contribution < 1.29 is 0 Å². The lowest BCUT2D eigenvalue weighted by Gasteiger charge is -2.27. The maximum absolute atomic E-state index is 5.95. The van der Waals surface area contributed by atoms with Gasteiger partial charge in [-0.15, -0.1) is 0 Å². The summed E-state index contributed by atoms with van der Waals surface area (Å²) in [6, 6.07) is 1.74. The third kappa shape index (κ3) is 4.19. The second kappa shape index (κ2) is 6.88. The predicted octanol–water partition coefficient (Wildman–Crippen LogP) is 3.09. The van der Waals surface area contributed by atoms with Gasteiger partial charge in [0.25, 0.3) is 0 Å². The lowest BCUT2D eigenvalue weighted by atomic mass is 9.92. The van der Waals surface area contributed by atoms with Crippen LogP contribution < -0.4 is 11.1 Å². The van der Waals surface area contributed by atoms with E-state index < -0.39 is 0 Å². The van der Waals surface area contributed by atoms with E-state index in [-0.39, 0.29) is 0 Å². The van der Waals surface area contributed by atoms with Crippen LogP contribution in [0.25, 0.3) is 0 Å². The predicted molar refractivity (Wildman–Crippen MR) is 82.9 cm³/mol. The van der Waals surface area contributed by atoms with E-state index in [1.807, 2.05) is 18.2 Å². The molecule has 0 amide bonds. The third-order valence-corrected chi connectivity index (χ3v) is 4.18. The van der Waals surface area contributed by atoms with Gasteiger partial charge in [-0.05, 0) is 37.7 Å². The van der Waals surface area contributed by atoms with Gasteiger partial charge >= 0.3 is 0 Å². The summed E-state index contributed by atoms with van der Waals surface area (Å²) < 4.78 is 0. The average Bonchev–Trinajstić information content (AvgIpc) is 3.16. The van der Waals surface area contributed by atoms with Crippen LogP contribution in [0.1, 0.15) is 32.1 Å². The number of nitrogens with two attached hydrogens (primary N) is 1. The van der Waals surface area contributed by atoms with Crippen LogP contribution in [-0.4, -0.2) is 18.1 Å². The molecule has 0 aromatic carbocycles. The molecule has 0 radical (unpaired) electrons. The number of rotatable bonds is 6. The van der Waals surface area contributed by atoms with Crippen molar-refractivity contribution in [2.45, 2.75) is 50.2 Å². The Labute approximate surface area is 117 Å². The van der Waals surface area contributed by atoms with E-state index in [9.17, 15) is 0 Å². The number of allylic oxidation sites excluding steroid dienone is 5. The molecule has 19 heavy (non-hydrogen) atoms. The van der Waals surface area contributed by atoms with Crippen molar-refractivity contribution in [3.8, 4) is 0 Å². The van der Waals surface area contributed by atoms with Crippen molar-refractivity contribution in [2.24, 2.45) is 11.7 Å². The van der Waals surface area contributed by atoms with E-state index in [2.05, 4.69) is 30.6 Å². The van der Waals surface area contributed by atoms with Gasteiger partial charge in [0, 0.05) is 24.0 Å². The van der Waals surface area contributed by atoms with Gasteiger partial charge in [0.05, 0.1) is 0 Å². The van der Waals surface area contributed by atoms with Crippen molar-refractivity contribution in [3.63, 3.8) is 0 Å². The first kappa shape index (κ1) is 14.3. The lowest BCUT2D eigenvalue weighted by molar-refractivity contribution is 0.338. The zero-order valence-corrected chi connectivity index (χ0v) is 11.7. The Morgan fingerprint density at radius 2 is 1.84 bits per heavy atom. The van der Waals surface area contributed by atoms with Crippen LogP contribution in [0.2, 0.25) is 0 Å². The summed E-state index contributed by atoms with van der Waals surface area (Å²) in [6.45, 7) is 7.52. The second-order valence-corrected chi connectivity index (χ2v) is 5.72. The molecule has 0 spiro atoms. The minimum absolute atomic E-state index is 0.430. The molecule has 0 aromatic heterocycles. The largest absolute Gasteiger partial charge is 0.328 e. The van der Waals surface area contributed by atoms with Crippen LogP contribution in [0.5, 0.6) is 0 Å². The smallest absolute Gasteiger partial charge is 0.0145 e. The van der Waals surface area contributed by atoms with Crippen molar-refractivity contribution in [3.05, 3.63) is 49.1 Å². The second-order valence-electron chi connectivity index (χ2n) is 5.72. The summed E-state index contributed by atoms with van der Waals surface area (Å²) in [6.07, 6.45) is 16.0. The Hall–Kier alpha value is -1.12. The summed E-state index contributed by atoms with van der Waals surface area (Å²) >= 11 is 0. The Morgan fingerprint density at radius 3 is 2.47 bits per heavy atom. The van der Waals surface area contributed by atoms with E-state index in [1.54, 1.807) is 0 Å². The molecule has 0 heterocycles. The minimum Gasteiger partial charge on any atom is -0.328 e. The quantitative estimate of drug-likeness (QED) is 0.719. The molecule has 0 aliphatic heterocycles. The molecule has 0 saturated heterocycles. The van der Waals surface area contributed by atoms with Gasteiger partial charge in [-0.1, -0.05) is 43.5 Å². The van der Waals surface area contributed by atoms with E-state index in [1.165, 1.54) is 37.7 Å². The zero-order valence-electron chi connectivity index (χ0n) is 11.7. The molecule has 2 unspecified atom stereocenters. The third-order valence-electron chi connectivity index (χ3n) is 4.18. The first-order valence-corrected chi connectivity index (χ1v) is 7.38. The topological polar surface area (TPSA) is 38.0 Å². The van der Waals surface area contributed by atoms with E-state index in [0.29, 0.717) is 24.0 Å². The fourth-order valence-electron chi connectivity index (χ4n) is 2.95. The maximum atomic E-state index is 5.95. The molecule has 2 aliphatic rings. The number of nitrogens with one attached hydrogen (secondary N) is 1. The van der Waals surface area contributed by atoms with Gasteiger partial charge in [-0.2, -0.15) is 0 Å². The Kier molecular flexibility index (Phi) is 5.17. The van der Waals surface area contributed by atoms with Gasteiger partial charge in [-0.3, -0.25) is 0 Å². The first-order valence-electron chi connectivity index (χ1n) is 7.38. The maximum Gasteiger partial charge on any atom is 0.0145 e. The zero-order chi connectivity index (χ0) is 13.7. The molecule has 0 aromatic rings. The summed E-state index contributed by atoms with van der Waals surface area (Å²) in [5.41, 5.74) is 7.31. The standard InChI is InChI=1S/C17H26N2/c1-3-5-7-13(6-4-2)16-12-17(16)19-15-10-8-14(18)9-11-15/h3-7,14-17,19H,1-2,8-12,18H2/b7-5-,13-6+. The SMILES string of the molecule is C=C/C=C\C(=C/C=C)C1CC1NC1CCC(N)CC1. The highest BCUT2D eigenvalue weighted by atomic mass is 15.0. The molecule has 2 saturated carbocycles. The molecular weight excluding hydrogens is 232 g/mol. The molecule has 2 nitrogen and oxygen atoms in total. The van der Waals surface area contributed by atoms with Gasteiger partial charge in [-0.25, -0.2) is 0 Å². The highest BCUT2D eigenvalue weighted by molar-refractivity contribution is 5.33. The summed E-state index contributed by atoms with van der Waals surface area (Å²) in [7, 11) is 0. The number of hydrogen-bond donors (Lipinski definition) is 2. The van der Waals surface area contributed by atoms with Crippen molar-refractivity contribution in [2.75, 3.05) is 0 Å². The Bertz CT molecular complexity index is 373. The van der Waals surface area contributed by atoms with E-state index in [0.717, 1.165) is 0 Å². The fourth-order valence-corrected chi connectivity index (χ4v) is 2.95. The van der Waals surface area contributed by atoms with Gasteiger partial charge in [0.15, 0.2) is 0 Å². The molecular formula is C17H26N2. The van der Waals surface area contributed by atoms with Crippen LogP contribution in [0.3, 0.4) is 0 Å². The summed E-state index contributed by atoms with van der Waals surface area (Å²) in [5, 5.41) is 3.79. The number of hydrogen-bond acceptors (Lipinski definition) is 2. The van der Waals surface area contributed by atoms with Crippen LogP contribution in [0.4, 0.5) is 0 Å². The van der Waals surface area contributed by atoms with Crippen LogP contribution in [0.15, 0.2) is 49.1 Å². The van der Waals surface area contributed by atoms with Crippen LogP contribution in [-0.2, 0) is 0 Å². The molecule has 0 bridgehead atoms. The molecule has 3 N–H and O–H groups in total.